The van der Waals surface area contributed by atoms with E-state index in [0.717, 1.165) is 16.6 Å². The Balaban J connectivity index is 1.43. The number of carbonyl (C=O) groups is 1. The SMILES string of the molecule is Cc1ccn2nc(C)c(C(=O)NCc3ccc(Oc4ccc(F)cc4)cc3)c2c1. The van der Waals surface area contributed by atoms with Crippen LogP contribution in [0.2, 0.25) is 0 Å². The summed E-state index contributed by atoms with van der Waals surface area (Å²) in [5, 5.41) is 7.36. The van der Waals surface area contributed by atoms with Gasteiger partial charge in [-0.25, -0.2) is 8.91 Å². The molecule has 0 spiro atoms. The maximum Gasteiger partial charge on any atom is 0.255 e. The molecule has 2 aromatic heterocycles. The molecular weight excluding hydrogens is 369 g/mol. The number of halogens is 1. The Morgan fingerprint density at radius 2 is 1.69 bits per heavy atom. The largest absolute Gasteiger partial charge is 0.457 e. The first-order valence-corrected chi connectivity index (χ1v) is 9.26. The second-order valence-corrected chi connectivity index (χ2v) is 6.88. The number of pyridine rings is 1. The van der Waals surface area contributed by atoms with Gasteiger partial charge in [-0.2, -0.15) is 5.10 Å². The zero-order valence-corrected chi connectivity index (χ0v) is 16.1. The number of aromatic nitrogens is 2. The molecule has 1 amide bonds. The maximum atomic E-state index is 13.0. The number of hydrogen-bond donors (Lipinski definition) is 1. The molecule has 2 aromatic carbocycles. The fourth-order valence-electron chi connectivity index (χ4n) is 3.13. The molecule has 146 valence electrons. The summed E-state index contributed by atoms with van der Waals surface area (Å²) in [5.74, 6) is 0.738. The van der Waals surface area contributed by atoms with Crippen LogP contribution in [-0.4, -0.2) is 15.5 Å². The Kier molecular flexibility index (Phi) is 4.99. The molecule has 0 aliphatic rings. The molecule has 4 rings (SSSR count). The average Bonchev–Trinajstić information content (AvgIpc) is 3.04. The summed E-state index contributed by atoms with van der Waals surface area (Å²) in [5.41, 5.74) is 4.09. The lowest BCUT2D eigenvalue weighted by Gasteiger charge is -2.08. The summed E-state index contributed by atoms with van der Waals surface area (Å²) in [7, 11) is 0. The Labute approximate surface area is 167 Å². The minimum absolute atomic E-state index is 0.158. The minimum atomic E-state index is -0.306. The van der Waals surface area contributed by atoms with Crippen LogP contribution in [0.4, 0.5) is 4.39 Å². The lowest BCUT2D eigenvalue weighted by atomic mass is 10.1. The lowest BCUT2D eigenvalue weighted by molar-refractivity contribution is 0.0952. The van der Waals surface area contributed by atoms with Crippen LogP contribution in [-0.2, 0) is 6.54 Å². The molecule has 6 heteroatoms. The van der Waals surface area contributed by atoms with Crippen LogP contribution in [0.1, 0.15) is 27.2 Å². The van der Waals surface area contributed by atoms with Gasteiger partial charge < -0.3 is 10.1 Å². The lowest BCUT2D eigenvalue weighted by Crippen LogP contribution is -2.23. The van der Waals surface area contributed by atoms with Gasteiger partial charge >= 0.3 is 0 Å². The number of hydrogen-bond acceptors (Lipinski definition) is 3. The summed E-state index contributed by atoms with van der Waals surface area (Å²) in [6.45, 7) is 4.21. The van der Waals surface area contributed by atoms with Gasteiger partial charge in [-0.1, -0.05) is 12.1 Å². The highest BCUT2D eigenvalue weighted by atomic mass is 19.1. The molecule has 0 atom stereocenters. The molecule has 0 radical (unpaired) electrons. The van der Waals surface area contributed by atoms with E-state index < -0.39 is 0 Å². The quantitative estimate of drug-likeness (QED) is 0.533. The van der Waals surface area contributed by atoms with Gasteiger partial charge in [-0.3, -0.25) is 4.79 Å². The fraction of sp³-hybridized carbons (Fsp3) is 0.130. The maximum absolute atomic E-state index is 13.0. The number of ether oxygens (including phenoxy) is 1. The first-order chi connectivity index (χ1) is 14.0. The number of nitrogens with zero attached hydrogens (tertiary/aromatic N) is 2. The molecule has 0 aliphatic carbocycles. The topological polar surface area (TPSA) is 55.6 Å². The molecule has 1 N–H and O–H groups in total. The van der Waals surface area contributed by atoms with Gasteiger partial charge in [0.1, 0.15) is 17.3 Å². The molecule has 4 aromatic rings. The van der Waals surface area contributed by atoms with E-state index in [9.17, 15) is 9.18 Å². The predicted octanol–water partition coefficient (Wildman–Crippen LogP) is 4.81. The Bertz CT molecular complexity index is 1170. The van der Waals surface area contributed by atoms with Crippen LogP contribution in [0.25, 0.3) is 5.52 Å². The Morgan fingerprint density at radius 1 is 1.03 bits per heavy atom. The van der Waals surface area contributed by atoms with Crippen molar-refractivity contribution in [1.82, 2.24) is 14.9 Å². The van der Waals surface area contributed by atoms with E-state index in [2.05, 4.69) is 10.4 Å². The summed E-state index contributed by atoms with van der Waals surface area (Å²) >= 11 is 0. The number of rotatable bonds is 5. The molecule has 5 nitrogen and oxygen atoms in total. The van der Waals surface area contributed by atoms with E-state index in [1.54, 1.807) is 16.6 Å². The van der Waals surface area contributed by atoms with E-state index in [0.29, 0.717) is 29.3 Å². The van der Waals surface area contributed by atoms with Crippen LogP contribution < -0.4 is 10.1 Å². The highest BCUT2D eigenvalue weighted by Gasteiger charge is 2.16. The van der Waals surface area contributed by atoms with E-state index in [1.807, 2.05) is 56.4 Å². The van der Waals surface area contributed by atoms with Crippen LogP contribution >= 0.6 is 0 Å². The summed E-state index contributed by atoms with van der Waals surface area (Å²) in [6, 6.07) is 17.1. The fourth-order valence-corrected chi connectivity index (χ4v) is 3.13. The Hall–Kier alpha value is -3.67. The van der Waals surface area contributed by atoms with E-state index in [1.165, 1.54) is 12.1 Å². The summed E-state index contributed by atoms with van der Waals surface area (Å²) in [6.07, 6.45) is 1.86. The zero-order chi connectivity index (χ0) is 20.4. The van der Waals surface area contributed by atoms with Crippen molar-refractivity contribution in [3.8, 4) is 11.5 Å². The molecular formula is C23H20FN3O2. The van der Waals surface area contributed by atoms with Crippen molar-refractivity contribution in [2.75, 3.05) is 0 Å². The minimum Gasteiger partial charge on any atom is -0.457 e. The van der Waals surface area contributed by atoms with Gasteiger partial charge in [-0.05, 0) is 73.5 Å². The molecule has 0 fully saturated rings. The van der Waals surface area contributed by atoms with Crippen LogP contribution in [0.5, 0.6) is 11.5 Å². The number of nitrogens with one attached hydrogen (secondary N) is 1. The first kappa shape index (κ1) is 18.7. The van der Waals surface area contributed by atoms with Gasteiger partial charge in [0.2, 0.25) is 0 Å². The van der Waals surface area contributed by atoms with Gasteiger partial charge in [0.05, 0.1) is 16.8 Å². The Morgan fingerprint density at radius 3 is 2.38 bits per heavy atom. The van der Waals surface area contributed by atoms with Crippen molar-refractivity contribution in [2.24, 2.45) is 0 Å². The van der Waals surface area contributed by atoms with Gasteiger partial charge in [0.25, 0.3) is 5.91 Å². The van der Waals surface area contributed by atoms with E-state index in [-0.39, 0.29) is 11.7 Å². The standard InChI is InChI=1S/C23H20FN3O2/c1-15-11-12-27-21(13-15)22(16(2)26-27)23(28)25-14-17-3-7-19(8-4-17)29-20-9-5-18(24)6-10-20/h3-13H,14H2,1-2H3,(H,25,28). The third-order valence-corrected chi connectivity index (χ3v) is 4.62. The normalized spacial score (nSPS) is 10.9. The van der Waals surface area contributed by atoms with Gasteiger partial charge in [0.15, 0.2) is 0 Å². The molecule has 2 heterocycles. The molecule has 0 saturated heterocycles. The van der Waals surface area contributed by atoms with Crippen molar-refractivity contribution >= 4 is 11.4 Å². The van der Waals surface area contributed by atoms with Crippen molar-refractivity contribution in [1.29, 1.82) is 0 Å². The monoisotopic (exact) mass is 389 g/mol. The molecule has 0 unspecified atom stereocenters. The molecule has 29 heavy (non-hydrogen) atoms. The first-order valence-electron chi connectivity index (χ1n) is 9.26. The zero-order valence-electron chi connectivity index (χ0n) is 16.1. The second kappa shape index (κ2) is 7.75. The number of aryl methyl sites for hydroxylation is 2. The third kappa shape index (κ3) is 4.11. The number of benzene rings is 2. The molecule has 0 saturated carbocycles. The van der Waals surface area contributed by atoms with Gasteiger partial charge in [-0.15, -0.1) is 0 Å². The van der Waals surface area contributed by atoms with Crippen molar-refractivity contribution in [2.45, 2.75) is 20.4 Å². The number of fused-ring (bicyclic) bond motifs is 1. The molecule has 0 bridgehead atoms. The second-order valence-electron chi connectivity index (χ2n) is 6.88. The van der Waals surface area contributed by atoms with Crippen LogP contribution in [0.15, 0.2) is 66.9 Å². The summed E-state index contributed by atoms with van der Waals surface area (Å²) < 4.78 is 20.4. The average molecular weight is 389 g/mol. The molecule has 0 aliphatic heterocycles. The summed E-state index contributed by atoms with van der Waals surface area (Å²) in [4.78, 5) is 12.7. The highest BCUT2D eigenvalue weighted by Crippen LogP contribution is 2.22. The number of carbonyl (C=O) groups excluding carboxylic acids is 1. The predicted molar refractivity (Wildman–Crippen MR) is 109 cm³/mol. The smallest absolute Gasteiger partial charge is 0.255 e. The van der Waals surface area contributed by atoms with Crippen molar-refractivity contribution < 1.29 is 13.9 Å². The highest BCUT2D eigenvalue weighted by molar-refractivity contribution is 6.02. The van der Waals surface area contributed by atoms with Crippen LogP contribution in [0.3, 0.4) is 0 Å². The van der Waals surface area contributed by atoms with Crippen LogP contribution in [0, 0.1) is 19.7 Å². The van der Waals surface area contributed by atoms with E-state index >= 15 is 0 Å². The third-order valence-electron chi connectivity index (χ3n) is 4.62. The van der Waals surface area contributed by atoms with Gasteiger partial charge in [0, 0.05) is 12.7 Å². The van der Waals surface area contributed by atoms with Crippen molar-refractivity contribution in [3.05, 3.63) is 95.1 Å². The van der Waals surface area contributed by atoms with Crippen molar-refractivity contribution in [3.63, 3.8) is 0 Å². The van der Waals surface area contributed by atoms with E-state index in [4.69, 9.17) is 4.74 Å². The number of amides is 1.